The van der Waals surface area contributed by atoms with Crippen LogP contribution in [0.15, 0.2) is 22.9 Å². The third kappa shape index (κ3) is 4.03. The van der Waals surface area contributed by atoms with Crippen molar-refractivity contribution >= 4 is 15.9 Å². The average molecular weight is 325 g/mol. The third-order valence-electron chi connectivity index (χ3n) is 4.20. The van der Waals surface area contributed by atoms with Crippen LogP contribution in [-0.2, 0) is 0 Å². The van der Waals surface area contributed by atoms with Crippen LogP contribution in [0.4, 0.5) is 0 Å². The Labute approximate surface area is 125 Å². The van der Waals surface area contributed by atoms with Crippen molar-refractivity contribution in [3.8, 4) is 0 Å². The minimum absolute atomic E-state index is 0.445. The van der Waals surface area contributed by atoms with Gasteiger partial charge in [0.05, 0.1) is 0 Å². The van der Waals surface area contributed by atoms with Crippen molar-refractivity contribution in [2.24, 2.45) is 17.8 Å². The lowest BCUT2D eigenvalue weighted by molar-refractivity contribution is 0.177. The number of rotatable bonds is 4. The van der Waals surface area contributed by atoms with Crippen LogP contribution in [0.1, 0.15) is 51.6 Å². The van der Waals surface area contributed by atoms with Gasteiger partial charge in [0.1, 0.15) is 0 Å². The van der Waals surface area contributed by atoms with Crippen LogP contribution in [0.3, 0.4) is 0 Å². The van der Waals surface area contributed by atoms with Gasteiger partial charge in [-0.15, -0.1) is 0 Å². The fraction of sp³-hybridized carbons (Fsp3) is 0.688. The van der Waals surface area contributed by atoms with Gasteiger partial charge in [-0.2, -0.15) is 0 Å². The summed E-state index contributed by atoms with van der Waals surface area (Å²) in [5.41, 5.74) is 1.32. The quantitative estimate of drug-likeness (QED) is 0.877. The number of aromatic nitrogens is 1. The highest BCUT2D eigenvalue weighted by molar-refractivity contribution is 9.10. The largest absolute Gasteiger partial charge is 0.310 e. The molecule has 1 aliphatic carbocycles. The van der Waals surface area contributed by atoms with E-state index in [2.05, 4.69) is 53.1 Å². The SMILES string of the molecule is CCNC(c1cncc(Br)c1)C1CC(C)CC(C)C1. The summed E-state index contributed by atoms with van der Waals surface area (Å²) in [4.78, 5) is 4.33. The normalized spacial score (nSPS) is 29.2. The van der Waals surface area contributed by atoms with E-state index in [4.69, 9.17) is 0 Å². The highest BCUT2D eigenvalue weighted by Crippen LogP contribution is 2.39. The Hall–Kier alpha value is -0.410. The first-order valence-corrected chi connectivity index (χ1v) is 8.23. The molecule has 0 saturated heterocycles. The molecular weight excluding hydrogens is 300 g/mol. The fourth-order valence-electron chi connectivity index (χ4n) is 3.66. The van der Waals surface area contributed by atoms with Gasteiger partial charge >= 0.3 is 0 Å². The molecule has 0 radical (unpaired) electrons. The molecule has 0 spiro atoms. The second-order valence-corrected chi connectivity index (χ2v) is 7.07. The Bertz CT molecular complexity index is 397. The number of pyridine rings is 1. The van der Waals surface area contributed by atoms with Crippen LogP contribution in [0.25, 0.3) is 0 Å². The molecule has 0 aromatic carbocycles. The lowest BCUT2D eigenvalue weighted by atomic mass is 9.72. The predicted octanol–water partition coefficient (Wildman–Crippen LogP) is 4.57. The summed E-state index contributed by atoms with van der Waals surface area (Å²) in [6.45, 7) is 7.99. The van der Waals surface area contributed by atoms with Crippen molar-refractivity contribution in [2.45, 2.75) is 46.1 Å². The summed E-state index contributed by atoms with van der Waals surface area (Å²) >= 11 is 3.54. The van der Waals surface area contributed by atoms with Gasteiger partial charge in [0, 0.05) is 22.9 Å². The fourth-order valence-corrected chi connectivity index (χ4v) is 4.04. The number of hydrogen-bond acceptors (Lipinski definition) is 2. The zero-order valence-electron chi connectivity index (χ0n) is 12.2. The third-order valence-corrected chi connectivity index (χ3v) is 4.63. The number of hydrogen-bond donors (Lipinski definition) is 1. The van der Waals surface area contributed by atoms with E-state index in [1.54, 1.807) is 0 Å². The summed E-state index contributed by atoms with van der Waals surface area (Å²) in [7, 11) is 0. The molecule has 106 valence electrons. The van der Waals surface area contributed by atoms with Crippen molar-refractivity contribution in [1.29, 1.82) is 0 Å². The molecule has 2 rings (SSSR count). The van der Waals surface area contributed by atoms with E-state index in [0.29, 0.717) is 6.04 Å². The van der Waals surface area contributed by atoms with Crippen molar-refractivity contribution < 1.29 is 0 Å². The van der Waals surface area contributed by atoms with Gasteiger partial charge in [-0.25, -0.2) is 0 Å². The molecule has 1 N–H and O–H groups in total. The van der Waals surface area contributed by atoms with Crippen LogP contribution >= 0.6 is 15.9 Å². The van der Waals surface area contributed by atoms with Crippen LogP contribution < -0.4 is 5.32 Å². The van der Waals surface area contributed by atoms with Crippen LogP contribution in [0.5, 0.6) is 0 Å². The van der Waals surface area contributed by atoms with Gasteiger partial charge in [0.15, 0.2) is 0 Å². The first kappa shape index (κ1) is 15.0. The standard InChI is InChI=1S/C16H25BrN2/c1-4-19-16(14-8-15(17)10-18-9-14)13-6-11(2)5-12(3)7-13/h8-13,16,19H,4-7H2,1-3H3. The maximum absolute atomic E-state index is 4.33. The second kappa shape index (κ2) is 6.85. The Morgan fingerprint density at radius 1 is 1.26 bits per heavy atom. The Morgan fingerprint density at radius 3 is 2.53 bits per heavy atom. The van der Waals surface area contributed by atoms with Gasteiger partial charge < -0.3 is 5.32 Å². The minimum Gasteiger partial charge on any atom is -0.310 e. The first-order chi connectivity index (χ1) is 9.10. The maximum Gasteiger partial charge on any atom is 0.0410 e. The Kier molecular flexibility index (Phi) is 5.40. The van der Waals surface area contributed by atoms with E-state index in [1.807, 2.05) is 12.4 Å². The first-order valence-electron chi connectivity index (χ1n) is 7.44. The second-order valence-electron chi connectivity index (χ2n) is 6.15. The van der Waals surface area contributed by atoms with E-state index < -0.39 is 0 Å². The molecule has 3 atom stereocenters. The zero-order chi connectivity index (χ0) is 13.8. The molecule has 0 amide bonds. The zero-order valence-corrected chi connectivity index (χ0v) is 13.8. The summed E-state index contributed by atoms with van der Waals surface area (Å²) in [6.07, 6.45) is 7.91. The molecule has 2 nitrogen and oxygen atoms in total. The molecule has 0 bridgehead atoms. The molecule has 19 heavy (non-hydrogen) atoms. The van der Waals surface area contributed by atoms with Crippen LogP contribution in [0.2, 0.25) is 0 Å². The summed E-state index contributed by atoms with van der Waals surface area (Å²) in [6, 6.07) is 2.66. The van der Waals surface area contributed by atoms with E-state index >= 15 is 0 Å². The van der Waals surface area contributed by atoms with Gasteiger partial charge in [-0.1, -0.05) is 20.8 Å². The van der Waals surface area contributed by atoms with E-state index in [-0.39, 0.29) is 0 Å². The van der Waals surface area contributed by atoms with Crippen molar-refractivity contribution in [2.75, 3.05) is 6.54 Å². The molecule has 1 aromatic heterocycles. The minimum atomic E-state index is 0.445. The summed E-state index contributed by atoms with van der Waals surface area (Å²) in [5.74, 6) is 2.42. The van der Waals surface area contributed by atoms with Gasteiger partial charge in [-0.05, 0) is 71.1 Å². The Balaban J connectivity index is 2.19. The molecule has 1 aliphatic rings. The molecule has 3 unspecified atom stereocenters. The van der Waals surface area contributed by atoms with Gasteiger partial charge in [0.2, 0.25) is 0 Å². The molecule has 3 heteroatoms. The van der Waals surface area contributed by atoms with Crippen LogP contribution in [-0.4, -0.2) is 11.5 Å². The molecule has 1 heterocycles. The van der Waals surface area contributed by atoms with Gasteiger partial charge in [-0.3, -0.25) is 4.98 Å². The number of nitrogens with one attached hydrogen (secondary N) is 1. The smallest absolute Gasteiger partial charge is 0.0410 e. The lowest BCUT2D eigenvalue weighted by Crippen LogP contribution is -2.33. The molecule has 1 aromatic rings. The van der Waals surface area contributed by atoms with E-state index in [0.717, 1.165) is 28.8 Å². The monoisotopic (exact) mass is 324 g/mol. The molecule has 0 aliphatic heterocycles. The number of halogens is 1. The van der Waals surface area contributed by atoms with E-state index in [1.165, 1.54) is 24.8 Å². The predicted molar refractivity (Wildman–Crippen MR) is 84.0 cm³/mol. The summed E-state index contributed by atoms with van der Waals surface area (Å²) < 4.78 is 1.07. The lowest BCUT2D eigenvalue weighted by Gasteiger charge is -2.37. The van der Waals surface area contributed by atoms with Crippen LogP contribution in [0, 0.1) is 17.8 Å². The number of nitrogens with zero attached hydrogens (tertiary/aromatic N) is 1. The van der Waals surface area contributed by atoms with Crippen molar-refractivity contribution in [3.05, 3.63) is 28.5 Å². The molecular formula is C16H25BrN2. The highest BCUT2D eigenvalue weighted by Gasteiger charge is 2.30. The van der Waals surface area contributed by atoms with Gasteiger partial charge in [0.25, 0.3) is 0 Å². The Morgan fingerprint density at radius 2 is 1.95 bits per heavy atom. The maximum atomic E-state index is 4.33. The molecule has 1 fully saturated rings. The highest BCUT2D eigenvalue weighted by atomic mass is 79.9. The molecule has 1 saturated carbocycles. The van der Waals surface area contributed by atoms with E-state index in [9.17, 15) is 0 Å². The average Bonchev–Trinajstić information content (AvgIpc) is 2.34. The van der Waals surface area contributed by atoms with Crippen molar-refractivity contribution in [1.82, 2.24) is 10.3 Å². The van der Waals surface area contributed by atoms with Crippen molar-refractivity contribution in [3.63, 3.8) is 0 Å². The summed E-state index contributed by atoms with van der Waals surface area (Å²) in [5, 5.41) is 3.68. The topological polar surface area (TPSA) is 24.9 Å².